The van der Waals surface area contributed by atoms with Gasteiger partial charge in [0.1, 0.15) is 0 Å². The Morgan fingerprint density at radius 2 is 2.35 bits per heavy atom. The zero-order valence-corrected chi connectivity index (χ0v) is 11.8. The van der Waals surface area contributed by atoms with E-state index in [9.17, 15) is 9.90 Å². The highest BCUT2D eigenvalue weighted by molar-refractivity contribution is 7.15. The third-order valence-electron chi connectivity index (χ3n) is 3.30. The van der Waals surface area contributed by atoms with Crippen LogP contribution in [0.15, 0.2) is 42.0 Å². The molecule has 0 amide bonds. The van der Waals surface area contributed by atoms with Gasteiger partial charge in [0.2, 0.25) is 0 Å². The summed E-state index contributed by atoms with van der Waals surface area (Å²) in [6.45, 7) is 1.97. The van der Waals surface area contributed by atoms with Crippen molar-refractivity contribution in [3.8, 4) is 0 Å². The Balaban J connectivity index is 1.91. The van der Waals surface area contributed by atoms with E-state index in [-0.39, 0.29) is 0 Å². The van der Waals surface area contributed by atoms with Gasteiger partial charge in [-0.25, -0.2) is 4.98 Å². The molecule has 5 heteroatoms. The molecule has 2 aromatic heterocycles. The van der Waals surface area contributed by atoms with Gasteiger partial charge in [0, 0.05) is 24.2 Å². The second-order valence-electron chi connectivity index (χ2n) is 4.83. The maximum absolute atomic E-state index is 11.5. The number of nitrogens with zero attached hydrogens (tertiary/aromatic N) is 2. The van der Waals surface area contributed by atoms with Crippen LogP contribution in [0.3, 0.4) is 0 Å². The van der Waals surface area contributed by atoms with E-state index in [2.05, 4.69) is 4.98 Å². The standard InChI is InChI=1S/C15H14N2O2S/c1-10-3-2-4-11(7-10)13(14(18)19)8-12-9-17-5-6-20-15(17)16-12/h2-7,9,13H,8H2,1H3,(H,18,19). The molecule has 20 heavy (non-hydrogen) atoms. The summed E-state index contributed by atoms with van der Waals surface area (Å²) in [6, 6.07) is 7.66. The van der Waals surface area contributed by atoms with Gasteiger partial charge in [-0.2, -0.15) is 0 Å². The number of imidazole rings is 1. The summed E-state index contributed by atoms with van der Waals surface area (Å²) in [5.74, 6) is -1.37. The Morgan fingerprint density at radius 3 is 3.05 bits per heavy atom. The summed E-state index contributed by atoms with van der Waals surface area (Å²) in [6.07, 6.45) is 4.24. The maximum Gasteiger partial charge on any atom is 0.311 e. The van der Waals surface area contributed by atoms with E-state index in [0.717, 1.165) is 21.8 Å². The minimum absolute atomic E-state index is 0.410. The molecule has 1 N–H and O–H groups in total. The minimum atomic E-state index is -0.813. The third-order valence-corrected chi connectivity index (χ3v) is 4.07. The highest BCUT2D eigenvalue weighted by Crippen LogP contribution is 2.23. The highest BCUT2D eigenvalue weighted by Gasteiger charge is 2.21. The van der Waals surface area contributed by atoms with Crippen molar-refractivity contribution in [2.75, 3.05) is 0 Å². The van der Waals surface area contributed by atoms with Crippen molar-refractivity contribution in [2.45, 2.75) is 19.3 Å². The molecule has 102 valence electrons. The third kappa shape index (κ3) is 2.44. The number of aryl methyl sites for hydroxylation is 1. The number of rotatable bonds is 4. The lowest BCUT2D eigenvalue weighted by Crippen LogP contribution is -2.14. The van der Waals surface area contributed by atoms with Gasteiger partial charge in [0.15, 0.2) is 4.96 Å². The normalized spacial score (nSPS) is 12.7. The molecule has 0 aliphatic carbocycles. The molecule has 3 rings (SSSR count). The predicted octanol–water partition coefficient (Wildman–Crippen LogP) is 3.12. The van der Waals surface area contributed by atoms with E-state index in [1.165, 1.54) is 0 Å². The number of aromatic nitrogens is 2. The summed E-state index contributed by atoms with van der Waals surface area (Å²) < 4.78 is 1.93. The number of fused-ring (bicyclic) bond motifs is 1. The molecule has 2 heterocycles. The van der Waals surface area contributed by atoms with Gasteiger partial charge < -0.3 is 5.11 Å². The zero-order valence-electron chi connectivity index (χ0n) is 11.0. The first-order valence-corrected chi connectivity index (χ1v) is 7.22. The maximum atomic E-state index is 11.5. The van der Waals surface area contributed by atoms with Gasteiger partial charge in [-0.05, 0) is 12.5 Å². The summed E-state index contributed by atoms with van der Waals surface area (Å²) in [5.41, 5.74) is 2.71. The van der Waals surface area contributed by atoms with E-state index in [1.54, 1.807) is 11.3 Å². The fourth-order valence-electron chi connectivity index (χ4n) is 2.32. The van der Waals surface area contributed by atoms with Crippen LogP contribution in [0.25, 0.3) is 4.96 Å². The second kappa shape index (κ2) is 5.09. The van der Waals surface area contributed by atoms with Crippen molar-refractivity contribution < 1.29 is 9.90 Å². The fourth-order valence-corrected chi connectivity index (χ4v) is 3.04. The Bertz CT molecular complexity index is 731. The first-order chi connectivity index (χ1) is 9.63. The molecular formula is C15H14N2O2S. The number of hydrogen-bond donors (Lipinski definition) is 1. The molecule has 0 saturated carbocycles. The van der Waals surface area contributed by atoms with E-state index in [4.69, 9.17) is 0 Å². The van der Waals surface area contributed by atoms with Crippen molar-refractivity contribution in [2.24, 2.45) is 0 Å². The van der Waals surface area contributed by atoms with Crippen LogP contribution in [0, 0.1) is 6.92 Å². The summed E-state index contributed by atoms with van der Waals surface area (Å²) >= 11 is 1.55. The van der Waals surface area contributed by atoms with Crippen LogP contribution in [0.2, 0.25) is 0 Å². The van der Waals surface area contributed by atoms with Gasteiger partial charge in [0.25, 0.3) is 0 Å². The number of carboxylic acid groups (broad SMARTS) is 1. The molecule has 0 aliphatic heterocycles. The molecule has 0 radical (unpaired) electrons. The van der Waals surface area contributed by atoms with Crippen molar-refractivity contribution in [1.29, 1.82) is 0 Å². The zero-order chi connectivity index (χ0) is 14.1. The van der Waals surface area contributed by atoms with E-state index < -0.39 is 11.9 Å². The van der Waals surface area contributed by atoms with Crippen molar-refractivity contribution in [3.05, 3.63) is 58.9 Å². The lowest BCUT2D eigenvalue weighted by molar-refractivity contribution is -0.138. The molecule has 0 saturated heterocycles. The van der Waals surface area contributed by atoms with Gasteiger partial charge in [0.05, 0.1) is 11.6 Å². The minimum Gasteiger partial charge on any atom is -0.481 e. The van der Waals surface area contributed by atoms with Gasteiger partial charge in [-0.3, -0.25) is 9.20 Å². The number of thiazole rings is 1. The van der Waals surface area contributed by atoms with E-state index in [0.29, 0.717) is 6.42 Å². The smallest absolute Gasteiger partial charge is 0.311 e. The molecule has 0 spiro atoms. The predicted molar refractivity (Wildman–Crippen MR) is 78.3 cm³/mol. The molecule has 0 bridgehead atoms. The van der Waals surface area contributed by atoms with Crippen molar-refractivity contribution in [1.82, 2.24) is 9.38 Å². The molecule has 3 aromatic rings. The summed E-state index contributed by atoms with van der Waals surface area (Å²) in [5, 5.41) is 11.4. The number of carbonyl (C=O) groups is 1. The van der Waals surface area contributed by atoms with Crippen LogP contribution in [-0.2, 0) is 11.2 Å². The SMILES string of the molecule is Cc1cccc(C(Cc2cn3ccsc3n2)C(=O)O)c1. The molecular weight excluding hydrogens is 272 g/mol. The molecule has 1 atom stereocenters. The van der Waals surface area contributed by atoms with Gasteiger partial charge in [-0.1, -0.05) is 29.8 Å². The number of hydrogen-bond acceptors (Lipinski definition) is 3. The average molecular weight is 286 g/mol. The monoisotopic (exact) mass is 286 g/mol. The quantitative estimate of drug-likeness (QED) is 0.801. The summed E-state index contributed by atoms with van der Waals surface area (Å²) in [7, 11) is 0. The Labute approximate surface area is 120 Å². The Morgan fingerprint density at radius 1 is 1.50 bits per heavy atom. The largest absolute Gasteiger partial charge is 0.481 e. The van der Waals surface area contributed by atoms with Crippen LogP contribution < -0.4 is 0 Å². The first kappa shape index (κ1) is 12.9. The van der Waals surface area contributed by atoms with Crippen LogP contribution >= 0.6 is 11.3 Å². The van der Waals surface area contributed by atoms with Crippen LogP contribution in [0.5, 0.6) is 0 Å². The summed E-state index contributed by atoms with van der Waals surface area (Å²) in [4.78, 5) is 16.9. The van der Waals surface area contributed by atoms with E-state index in [1.807, 2.05) is 53.4 Å². The van der Waals surface area contributed by atoms with Gasteiger partial charge in [-0.15, -0.1) is 11.3 Å². The van der Waals surface area contributed by atoms with E-state index >= 15 is 0 Å². The molecule has 0 aliphatic rings. The van der Waals surface area contributed by atoms with Crippen LogP contribution in [-0.4, -0.2) is 20.5 Å². The first-order valence-electron chi connectivity index (χ1n) is 6.34. The Kier molecular flexibility index (Phi) is 3.28. The molecule has 1 unspecified atom stereocenters. The molecule has 4 nitrogen and oxygen atoms in total. The lowest BCUT2D eigenvalue weighted by atomic mass is 9.93. The van der Waals surface area contributed by atoms with Crippen LogP contribution in [0.1, 0.15) is 22.7 Å². The molecule has 0 fully saturated rings. The molecule has 1 aromatic carbocycles. The van der Waals surface area contributed by atoms with Crippen molar-refractivity contribution in [3.63, 3.8) is 0 Å². The van der Waals surface area contributed by atoms with Crippen molar-refractivity contribution >= 4 is 22.3 Å². The van der Waals surface area contributed by atoms with Gasteiger partial charge >= 0.3 is 5.97 Å². The number of carboxylic acids is 1. The lowest BCUT2D eigenvalue weighted by Gasteiger charge is -2.11. The topological polar surface area (TPSA) is 54.6 Å². The number of aliphatic carboxylic acids is 1. The van der Waals surface area contributed by atoms with Crippen LogP contribution in [0.4, 0.5) is 0 Å². The fraction of sp³-hybridized carbons (Fsp3) is 0.200. The Hall–Kier alpha value is -2.14. The highest BCUT2D eigenvalue weighted by atomic mass is 32.1. The number of benzene rings is 1. The second-order valence-corrected chi connectivity index (χ2v) is 5.71. The average Bonchev–Trinajstić information content (AvgIpc) is 2.96.